The molecule has 7 nitrogen and oxygen atoms in total. The molecule has 1 aliphatic rings. The number of carbonyl (C=O) groups excluding carboxylic acids is 1. The first-order chi connectivity index (χ1) is 20.0. The molecule has 5 aromatic rings. The van der Waals surface area contributed by atoms with Gasteiger partial charge in [0.1, 0.15) is 12.9 Å². The standard InChI is InChI=1S/C16H15NO3.C16H13NO2.C2H6/c18-15-17(11-13-7-3-1-4-8-13)16(19,12-20-15)14-9-5-2-6-10-14;18-16-17(11-13-7-3-1-4-8-13)15(12-19-16)14-9-5-2-6-10-14;1-2/h1-10,19H,11-12H2;1-10,12H,11H2;1-2H3. The average Bonchev–Trinajstić information content (AvgIpc) is 3.55. The topological polar surface area (TPSA) is 84.9 Å². The van der Waals surface area contributed by atoms with E-state index in [1.54, 1.807) is 16.7 Å². The van der Waals surface area contributed by atoms with Crippen molar-refractivity contribution < 1.29 is 19.1 Å². The molecule has 1 saturated heterocycles. The second-order valence-electron chi connectivity index (χ2n) is 9.13. The van der Waals surface area contributed by atoms with Crippen molar-refractivity contribution in [2.45, 2.75) is 32.7 Å². The number of amides is 1. The van der Waals surface area contributed by atoms with Crippen LogP contribution in [0.3, 0.4) is 0 Å². The molecule has 1 N–H and O–H groups in total. The average molecular weight is 551 g/mol. The van der Waals surface area contributed by atoms with Crippen molar-refractivity contribution in [2.24, 2.45) is 0 Å². The Morgan fingerprint density at radius 3 is 1.76 bits per heavy atom. The van der Waals surface area contributed by atoms with Gasteiger partial charge in [-0.1, -0.05) is 135 Å². The fraction of sp³-hybridized carbons (Fsp3) is 0.176. The fourth-order valence-corrected chi connectivity index (χ4v) is 4.46. The van der Waals surface area contributed by atoms with Crippen molar-refractivity contribution in [3.63, 3.8) is 0 Å². The number of oxazole rings is 1. The minimum atomic E-state index is -1.41. The van der Waals surface area contributed by atoms with Crippen LogP contribution in [0.15, 0.2) is 137 Å². The van der Waals surface area contributed by atoms with Gasteiger partial charge in [-0.3, -0.25) is 9.47 Å². The van der Waals surface area contributed by atoms with E-state index in [-0.39, 0.29) is 12.4 Å². The van der Waals surface area contributed by atoms with Crippen LogP contribution in [0.5, 0.6) is 0 Å². The van der Waals surface area contributed by atoms with Crippen LogP contribution in [0.4, 0.5) is 4.79 Å². The Hall–Kier alpha value is -4.88. The summed E-state index contributed by atoms with van der Waals surface area (Å²) in [5.74, 6) is -0.331. The van der Waals surface area contributed by atoms with Gasteiger partial charge in [0.15, 0.2) is 0 Å². The van der Waals surface area contributed by atoms with Crippen molar-refractivity contribution in [3.8, 4) is 11.3 Å². The summed E-state index contributed by atoms with van der Waals surface area (Å²) in [6.07, 6.45) is 1.01. The van der Waals surface area contributed by atoms with Gasteiger partial charge in [-0.15, -0.1) is 0 Å². The number of nitrogens with zero attached hydrogens (tertiary/aromatic N) is 2. The lowest BCUT2D eigenvalue weighted by Crippen LogP contribution is -2.44. The minimum absolute atomic E-state index is 0.0529. The van der Waals surface area contributed by atoms with Crippen LogP contribution in [0, 0.1) is 0 Å². The molecule has 4 aromatic carbocycles. The zero-order valence-corrected chi connectivity index (χ0v) is 23.2. The van der Waals surface area contributed by atoms with E-state index in [0.717, 1.165) is 22.4 Å². The number of ether oxygens (including phenoxy) is 1. The van der Waals surface area contributed by atoms with Gasteiger partial charge in [-0.25, -0.2) is 9.59 Å². The molecule has 0 spiro atoms. The molecular formula is C34H34N2O5. The third-order valence-corrected chi connectivity index (χ3v) is 6.52. The number of aliphatic hydroxyl groups is 1. The highest BCUT2D eigenvalue weighted by Crippen LogP contribution is 2.33. The van der Waals surface area contributed by atoms with Crippen LogP contribution in [-0.2, 0) is 23.6 Å². The van der Waals surface area contributed by atoms with Crippen LogP contribution in [0.1, 0.15) is 30.5 Å². The van der Waals surface area contributed by atoms with Gasteiger partial charge in [-0.2, -0.15) is 0 Å². The third-order valence-electron chi connectivity index (χ3n) is 6.52. The lowest BCUT2D eigenvalue weighted by Gasteiger charge is -2.30. The second-order valence-corrected chi connectivity index (χ2v) is 9.13. The molecule has 1 aliphatic heterocycles. The Balaban J connectivity index is 0.000000178. The Morgan fingerprint density at radius 2 is 1.20 bits per heavy atom. The molecule has 210 valence electrons. The van der Waals surface area contributed by atoms with Gasteiger partial charge in [0.05, 0.1) is 18.8 Å². The summed E-state index contributed by atoms with van der Waals surface area (Å²) in [5, 5.41) is 10.8. The van der Waals surface area contributed by atoms with E-state index >= 15 is 0 Å². The third kappa shape index (κ3) is 7.01. The number of cyclic esters (lactones) is 1. The van der Waals surface area contributed by atoms with Gasteiger partial charge in [0.2, 0.25) is 5.72 Å². The van der Waals surface area contributed by atoms with Crippen LogP contribution in [0.25, 0.3) is 11.3 Å². The maximum atomic E-state index is 11.9. The lowest BCUT2D eigenvalue weighted by molar-refractivity contribution is -0.0723. The molecule has 1 atom stereocenters. The lowest BCUT2D eigenvalue weighted by atomic mass is 10.0. The van der Waals surface area contributed by atoms with Crippen LogP contribution >= 0.6 is 0 Å². The number of carbonyl (C=O) groups is 1. The Labute approximate surface area is 239 Å². The number of aromatic nitrogens is 1. The van der Waals surface area contributed by atoms with Crippen molar-refractivity contribution >= 4 is 6.09 Å². The minimum Gasteiger partial charge on any atom is -0.444 e. The summed E-state index contributed by atoms with van der Waals surface area (Å²) in [5.41, 5.74) is 3.04. The molecule has 41 heavy (non-hydrogen) atoms. The molecule has 7 heteroatoms. The maximum Gasteiger partial charge on any atom is 0.419 e. The molecule has 0 saturated carbocycles. The quantitative estimate of drug-likeness (QED) is 0.255. The van der Waals surface area contributed by atoms with Gasteiger partial charge in [0, 0.05) is 11.1 Å². The number of rotatable bonds is 6. The molecule has 0 radical (unpaired) electrons. The van der Waals surface area contributed by atoms with E-state index in [4.69, 9.17) is 9.15 Å². The number of hydrogen-bond donors (Lipinski definition) is 1. The largest absolute Gasteiger partial charge is 0.444 e. The first-order valence-electron chi connectivity index (χ1n) is 13.6. The van der Waals surface area contributed by atoms with Gasteiger partial charge in [0.25, 0.3) is 0 Å². The Bertz CT molecular complexity index is 1550. The van der Waals surface area contributed by atoms with E-state index in [1.807, 2.05) is 123 Å². The number of benzene rings is 4. The fourth-order valence-electron chi connectivity index (χ4n) is 4.46. The Morgan fingerprint density at radius 1 is 0.707 bits per heavy atom. The van der Waals surface area contributed by atoms with Crippen LogP contribution in [-0.4, -0.2) is 27.3 Å². The molecule has 0 aliphatic carbocycles. The second kappa shape index (κ2) is 14.0. The highest BCUT2D eigenvalue weighted by Gasteiger charge is 2.47. The summed E-state index contributed by atoms with van der Waals surface area (Å²) in [6.45, 7) is 4.77. The van der Waals surface area contributed by atoms with Crippen molar-refractivity contribution in [3.05, 3.63) is 155 Å². The predicted molar refractivity (Wildman–Crippen MR) is 159 cm³/mol. The monoisotopic (exact) mass is 550 g/mol. The summed E-state index contributed by atoms with van der Waals surface area (Å²) in [6, 6.07) is 38.3. The first kappa shape index (κ1) is 29.1. The van der Waals surface area contributed by atoms with E-state index in [0.29, 0.717) is 18.7 Å². The van der Waals surface area contributed by atoms with Gasteiger partial charge >= 0.3 is 11.8 Å². The van der Waals surface area contributed by atoms with Crippen LogP contribution in [0.2, 0.25) is 0 Å². The maximum absolute atomic E-state index is 11.9. The van der Waals surface area contributed by atoms with Crippen molar-refractivity contribution in [2.75, 3.05) is 6.61 Å². The molecular weight excluding hydrogens is 516 g/mol. The highest BCUT2D eigenvalue weighted by molar-refractivity contribution is 5.71. The Kier molecular flexibility index (Phi) is 9.91. The molecule has 1 unspecified atom stereocenters. The summed E-state index contributed by atoms with van der Waals surface area (Å²) < 4.78 is 11.7. The zero-order chi connectivity index (χ0) is 29.1. The molecule has 2 heterocycles. The molecule has 6 rings (SSSR count). The SMILES string of the molecule is CC.O=C1OCC(O)(c2ccccc2)N1Cc1ccccc1.O=c1occ(-c2ccccc2)n1Cc1ccccc1. The zero-order valence-electron chi connectivity index (χ0n) is 23.2. The molecule has 1 aromatic heterocycles. The van der Waals surface area contributed by atoms with Crippen LogP contribution < -0.4 is 5.76 Å². The van der Waals surface area contributed by atoms with E-state index in [1.165, 1.54) is 11.2 Å². The normalized spacial score (nSPS) is 15.7. The molecule has 1 amide bonds. The number of hydrogen-bond acceptors (Lipinski definition) is 5. The van der Waals surface area contributed by atoms with E-state index in [9.17, 15) is 14.7 Å². The van der Waals surface area contributed by atoms with E-state index < -0.39 is 11.8 Å². The molecule has 1 fully saturated rings. The predicted octanol–water partition coefficient (Wildman–Crippen LogP) is 6.67. The summed E-state index contributed by atoms with van der Waals surface area (Å²) in [4.78, 5) is 25.1. The summed E-state index contributed by atoms with van der Waals surface area (Å²) in [7, 11) is 0. The van der Waals surface area contributed by atoms with Gasteiger partial charge in [-0.05, 0) is 11.1 Å². The van der Waals surface area contributed by atoms with E-state index in [2.05, 4.69) is 0 Å². The highest BCUT2D eigenvalue weighted by atomic mass is 16.6. The van der Waals surface area contributed by atoms with Crippen molar-refractivity contribution in [1.82, 2.24) is 9.47 Å². The molecule has 0 bridgehead atoms. The van der Waals surface area contributed by atoms with Crippen molar-refractivity contribution in [1.29, 1.82) is 0 Å². The summed E-state index contributed by atoms with van der Waals surface area (Å²) >= 11 is 0. The first-order valence-corrected chi connectivity index (χ1v) is 13.6. The van der Waals surface area contributed by atoms with Gasteiger partial charge < -0.3 is 14.3 Å². The smallest absolute Gasteiger partial charge is 0.419 e.